The first-order valence-electron chi connectivity index (χ1n) is 7.20. The zero-order valence-corrected chi connectivity index (χ0v) is 12.2. The largest absolute Gasteiger partial charge is 0.469 e. The molecule has 1 heterocycles. The molecule has 1 aliphatic rings. The fraction of sp³-hybridized carbons (Fsp3) is 0.857. The predicted octanol–water partition coefficient (Wildman–Crippen LogP) is 0.126. The molecule has 2 unspecified atom stereocenters. The molecular formula is C14H25N3O3. The maximum Gasteiger partial charge on any atom is 0.305 e. The molecule has 1 aliphatic heterocycles. The first-order valence-corrected chi connectivity index (χ1v) is 7.20. The lowest BCUT2D eigenvalue weighted by molar-refractivity contribution is -0.141. The lowest BCUT2D eigenvalue weighted by atomic mass is 9.90. The molecule has 2 N–H and O–H groups in total. The summed E-state index contributed by atoms with van der Waals surface area (Å²) in [5, 5.41) is 21.1. The van der Waals surface area contributed by atoms with Crippen LogP contribution < -0.4 is 5.32 Å². The maximum absolute atomic E-state index is 11.2. The first-order chi connectivity index (χ1) is 9.69. The van der Waals surface area contributed by atoms with Crippen molar-refractivity contribution in [2.24, 2.45) is 5.92 Å². The minimum atomic E-state index is -0.174. The summed E-state index contributed by atoms with van der Waals surface area (Å²) in [6.07, 6.45) is 2.98. The number of aliphatic hydroxyl groups is 1. The Hall–Kier alpha value is -1.16. The number of hydrogen-bond donors (Lipinski definition) is 2. The Kier molecular flexibility index (Phi) is 8.19. The molecule has 0 aromatic rings. The summed E-state index contributed by atoms with van der Waals surface area (Å²) in [5.41, 5.74) is 0. The van der Waals surface area contributed by atoms with E-state index in [0.29, 0.717) is 24.9 Å². The van der Waals surface area contributed by atoms with Crippen molar-refractivity contribution >= 4 is 5.97 Å². The van der Waals surface area contributed by atoms with Gasteiger partial charge in [0, 0.05) is 32.2 Å². The summed E-state index contributed by atoms with van der Waals surface area (Å²) in [6.45, 7) is 3.11. The molecule has 0 spiro atoms. The fourth-order valence-electron chi connectivity index (χ4n) is 2.70. The average molecular weight is 283 g/mol. The topological polar surface area (TPSA) is 85.6 Å². The molecular weight excluding hydrogens is 258 g/mol. The number of rotatable bonds is 8. The monoisotopic (exact) mass is 283 g/mol. The van der Waals surface area contributed by atoms with Crippen LogP contribution in [0, 0.1) is 17.2 Å². The molecule has 6 nitrogen and oxygen atoms in total. The number of piperidine rings is 1. The smallest absolute Gasteiger partial charge is 0.305 e. The second-order valence-electron chi connectivity index (χ2n) is 5.30. The lowest BCUT2D eigenvalue weighted by Crippen LogP contribution is -2.49. The van der Waals surface area contributed by atoms with E-state index >= 15 is 0 Å². The van der Waals surface area contributed by atoms with Crippen molar-refractivity contribution in [3.63, 3.8) is 0 Å². The van der Waals surface area contributed by atoms with Gasteiger partial charge in [-0.1, -0.05) is 0 Å². The normalized spacial score (nSPS) is 23.2. The van der Waals surface area contributed by atoms with Gasteiger partial charge >= 0.3 is 5.97 Å². The molecule has 0 aliphatic carbocycles. The van der Waals surface area contributed by atoms with E-state index in [0.717, 1.165) is 38.9 Å². The molecule has 0 aromatic carbocycles. The van der Waals surface area contributed by atoms with Crippen molar-refractivity contribution < 1.29 is 14.6 Å². The molecule has 0 radical (unpaired) electrons. The van der Waals surface area contributed by atoms with Gasteiger partial charge in [-0.2, -0.15) is 5.26 Å². The summed E-state index contributed by atoms with van der Waals surface area (Å²) >= 11 is 0. The van der Waals surface area contributed by atoms with E-state index in [1.165, 1.54) is 7.11 Å². The zero-order valence-electron chi connectivity index (χ0n) is 12.2. The van der Waals surface area contributed by atoms with Gasteiger partial charge in [0.1, 0.15) is 0 Å². The van der Waals surface area contributed by atoms with E-state index in [-0.39, 0.29) is 12.6 Å². The molecule has 0 aromatic heterocycles. The van der Waals surface area contributed by atoms with Crippen molar-refractivity contribution in [2.75, 3.05) is 39.9 Å². The number of nitriles is 1. The number of methoxy groups -OCH3 is 1. The Morgan fingerprint density at radius 2 is 2.35 bits per heavy atom. The van der Waals surface area contributed by atoms with Crippen molar-refractivity contribution in [3.05, 3.63) is 0 Å². The van der Waals surface area contributed by atoms with Gasteiger partial charge in [-0.25, -0.2) is 0 Å². The highest BCUT2D eigenvalue weighted by Gasteiger charge is 2.27. The number of ether oxygens (including phenoxy) is 1. The molecule has 0 bridgehead atoms. The van der Waals surface area contributed by atoms with Crippen LogP contribution in [0.4, 0.5) is 0 Å². The highest BCUT2D eigenvalue weighted by atomic mass is 16.5. The van der Waals surface area contributed by atoms with Crippen LogP contribution >= 0.6 is 0 Å². The van der Waals surface area contributed by atoms with E-state index in [2.05, 4.69) is 21.0 Å². The summed E-state index contributed by atoms with van der Waals surface area (Å²) < 4.78 is 4.67. The predicted molar refractivity (Wildman–Crippen MR) is 74.9 cm³/mol. The molecule has 6 heteroatoms. The zero-order chi connectivity index (χ0) is 14.8. The maximum atomic E-state index is 11.2. The summed E-state index contributed by atoms with van der Waals surface area (Å²) in [7, 11) is 1.41. The van der Waals surface area contributed by atoms with Crippen molar-refractivity contribution in [2.45, 2.75) is 31.7 Å². The Labute approximate surface area is 120 Å². The van der Waals surface area contributed by atoms with Crippen molar-refractivity contribution in [1.82, 2.24) is 10.2 Å². The molecule has 20 heavy (non-hydrogen) atoms. The van der Waals surface area contributed by atoms with Gasteiger partial charge < -0.3 is 15.2 Å². The van der Waals surface area contributed by atoms with Gasteiger partial charge in [0.25, 0.3) is 0 Å². The third-order valence-corrected chi connectivity index (χ3v) is 3.66. The quantitative estimate of drug-likeness (QED) is 0.374. The number of carbonyl (C=O) groups is 1. The number of aliphatic hydroxyl groups excluding tert-OH is 1. The van der Waals surface area contributed by atoms with Gasteiger partial charge in [-0.15, -0.1) is 0 Å². The average Bonchev–Trinajstić information content (AvgIpc) is 2.45. The van der Waals surface area contributed by atoms with Gasteiger partial charge in [-0.05, 0) is 31.7 Å². The SMILES string of the molecule is COC(=O)CCC1CC(NCCCO)CN(CC#N)C1. The van der Waals surface area contributed by atoms with Crippen LogP contribution in [0.15, 0.2) is 0 Å². The minimum absolute atomic E-state index is 0.174. The molecule has 1 rings (SSSR count). The van der Waals surface area contributed by atoms with Crippen molar-refractivity contribution in [1.29, 1.82) is 5.26 Å². The van der Waals surface area contributed by atoms with Crippen LogP contribution in [-0.4, -0.2) is 61.9 Å². The Morgan fingerprint density at radius 3 is 3.00 bits per heavy atom. The summed E-state index contributed by atoms with van der Waals surface area (Å²) in [6, 6.07) is 2.51. The molecule has 114 valence electrons. The standard InChI is InChI=1S/C14H25N3O3/c1-20-14(19)4-3-12-9-13(16-6-2-8-18)11-17(10-12)7-5-15/h12-13,16,18H,2-4,6-11H2,1H3. The first kappa shape index (κ1) is 16.9. The highest BCUT2D eigenvalue weighted by Crippen LogP contribution is 2.21. The van der Waals surface area contributed by atoms with Gasteiger partial charge in [0.2, 0.25) is 0 Å². The number of likely N-dealkylation sites (tertiary alicyclic amines) is 1. The van der Waals surface area contributed by atoms with Crippen LogP contribution in [0.1, 0.15) is 25.7 Å². The molecule has 0 saturated carbocycles. The van der Waals surface area contributed by atoms with E-state index in [1.807, 2.05) is 0 Å². The number of nitrogens with one attached hydrogen (secondary N) is 1. The van der Waals surface area contributed by atoms with E-state index in [9.17, 15) is 4.79 Å². The van der Waals surface area contributed by atoms with E-state index in [1.54, 1.807) is 0 Å². The molecule has 1 fully saturated rings. The second-order valence-corrected chi connectivity index (χ2v) is 5.30. The van der Waals surface area contributed by atoms with Gasteiger partial charge in [0.05, 0.1) is 19.7 Å². The lowest BCUT2D eigenvalue weighted by Gasteiger charge is -2.37. The van der Waals surface area contributed by atoms with Crippen LogP contribution in [0.3, 0.4) is 0 Å². The summed E-state index contributed by atoms with van der Waals surface area (Å²) in [4.78, 5) is 13.3. The van der Waals surface area contributed by atoms with Crippen LogP contribution in [0.5, 0.6) is 0 Å². The van der Waals surface area contributed by atoms with Gasteiger partial charge in [-0.3, -0.25) is 9.69 Å². The van der Waals surface area contributed by atoms with Crippen LogP contribution in [0.25, 0.3) is 0 Å². The minimum Gasteiger partial charge on any atom is -0.469 e. The molecule has 2 atom stereocenters. The second kappa shape index (κ2) is 9.70. The van der Waals surface area contributed by atoms with Crippen molar-refractivity contribution in [3.8, 4) is 6.07 Å². The van der Waals surface area contributed by atoms with Crippen LogP contribution in [0.2, 0.25) is 0 Å². The Balaban J connectivity index is 2.43. The highest BCUT2D eigenvalue weighted by molar-refractivity contribution is 5.69. The Morgan fingerprint density at radius 1 is 1.55 bits per heavy atom. The van der Waals surface area contributed by atoms with E-state index < -0.39 is 0 Å². The number of hydrogen-bond acceptors (Lipinski definition) is 6. The molecule has 0 amide bonds. The number of esters is 1. The third kappa shape index (κ3) is 6.33. The molecule has 1 saturated heterocycles. The summed E-state index contributed by atoms with van der Waals surface area (Å²) in [5.74, 6) is 0.232. The fourth-order valence-corrected chi connectivity index (χ4v) is 2.70. The van der Waals surface area contributed by atoms with Crippen LogP contribution in [-0.2, 0) is 9.53 Å². The number of nitrogens with zero attached hydrogens (tertiary/aromatic N) is 2. The van der Waals surface area contributed by atoms with E-state index in [4.69, 9.17) is 10.4 Å². The number of carbonyl (C=O) groups excluding carboxylic acids is 1. The third-order valence-electron chi connectivity index (χ3n) is 3.66. The Bertz CT molecular complexity index is 330. The van der Waals surface area contributed by atoms with Gasteiger partial charge in [0.15, 0.2) is 0 Å².